The first-order chi connectivity index (χ1) is 14.0. The minimum absolute atomic E-state index is 0.310. The van der Waals surface area contributed by atoms with Gasteiger partial charge in [-0.05, 0) is 0 Å². The van der Waals surface area contributed by atoms with Crippen LogP contribution in [0.3, 0.4) is 0 Å². The van der Waals surface area contributed by atoms with Crippen molar-refractivity contribution in [1.82, 2.24) is 0 Å². The molecule has 0 aliphatic heterocycles. The summed E-state index contributed by atoms with van der Waals surface area (Å²) in [5, 5.41) is 11.3. The average Bonchev–Trinajstić information content (AvgIpc) is 2.78. The van der Waals surface area contributed by atoms with E-state index in [4.69, 9.17) is 0 Å². The Kier molecular flexibility index (Phi) is 5.66. The molecule has 1 N–H and O–H groups in total. The van der Waals surface area contributed by atoms with Gasteiger partial charge >= 0.3 is 189 Å². The zero-order valence-electron chi connectivity index (χ0n) is 15.7. The molecule has 0 saturated heterocycles. The number of benzene rings is 4. The van der Waals surface area contributed by atoms with Crippen LogP contribution >= 0.6 is 36.7 Å². The SMILES string of the molecule is Oc1ccc(Br)cc1CP(Br)(c1ccccc1)(c1ccccc1)c1ccccc1. The molecule has 4 rings (SSSR count). The molecule has 0 amide bonds. The van der Waals surface area contributed by atoms with Gasteiger partial charge < -0.3 is 0 Å². The molecule has 29 heavy (non-hydrogen) atoms. The third-order valence-electron chi connectivity index (χ3n) is 5.39. The van der Waals surface area contributed by atoms with Crippen molar-refractivity contribution in [2.45, 2.75) is 6.16 Å². The van der Waals surface area contributed by atoms with Gasteiger partial charge in [0.15, 0.2) is 0 Å². The molecule has 0 aliphatic rings. The van der Waals surface area contributed by atoms with Gasteiger partial charge in [-0.2, -0.15) is 0 Å². The molecule has 0 radical (unpaired) electrons. The zero-order valence-corrected chi connectivity index (χ0v) is 19.8. The van der Waals surface area contributed by atoms with Crippen LogP contribution in [0.4, 0.5) is 0 Å². The molecule has 4 aromatic rings. The van der Waals surface area contributed by atoms with Crippen molar-refractivity contribution in [1.29, 1.82) is 0 Å². The van der Waals surface area contributed by atoms with Crippen LogP contribution in [-0.2, 0) is 6.16 Å². The first-order valence-corrected chi connectivity index (χ1v) is 14.6. The number of rotatable bonds is 5. The van der Waals surface area contributed by atoms with E-state index in [9.17, 15) is 5.11 Å². The van der Waals surface area contributed by atoms with E-state index in [0.29, 0.717) is 11.9 Å². The van der Waals surface area contributed by atoms with Crippen molar-refractivity contribution in [3.63, 3.8) is 0 Å². The van der Waals surface area contributed by atoms with E-state index in [1.165, 1.54) is 15.9 Å². The Labute approximate surface area is 188 Å². The van der Waals surface area contributed by atoms with Crippen LogP contribution in [0.5, 0.6) is 5.75 Å². The Hall–Kier alpha value is -1.93. The summed E-state index contributed by atoms with van der Waals surface area (Å²) in [6.45, 7) is 0. The van der Waals surface area contributed by atoms with Crippen molar-refractivity contribution >= 4 is 52.6 Å². The summed E-state index contributed by atoms with van der Waals surface area (Å²) in [4.78, 5) is 0. The molecule has 0 bridgehead atoms. The van der Waals surface area contributed by atoms with Gasteiger partial charge in [0.25, 0.3) is 0 Å². The summed E-state index contributed by atoms with van der Waals surface area (Å²) in [7, 11) is 0. The predicted octanol–water partition coefficient (Wildman–Crippen LogP) is 6.49. The van der Waals surface area contributed by atoms with Crippen LogP contribution in [-0.4, -0.2) is 5.11 Å². The summed E-state index contributed by atoms with van der Waals surface area (Å²) < 4.78 is 0.956. The second kappa shape index (κ2) is 8.07. The summed E-state index contributed by atoms with van der Waals surface area (Å²) in [5.41, 5.74) is 0.908. The maximum absolute atomic E-state index is 10.7. The summed E-state index contributed by atoms with van der Waals surface area (Å²) >= 11 is 8.00. The summed E-state index contributed by atoms with van der Waals surface area (Å²) in [5.74, 6) is 0.310. The molecule has 0 fully saturated rings. The maximum atomic E-state index is 10.7. The van der Waals surface area contributed by atoms with E-state index in [-0.39, 0.29) is 0 Å². The minimum atomic E-state index is -3.10. The zero-order chi connectivity index (χ0) is 20.3. The Bertz CT molecular complexity index is 1020. The topological polar surface area (TPSA) is 20.2 Å². The molecule has 0 spiro atoms. The number of hydrogen-bond donors (Lipinski definition) is 1. The van der Waals surface area contributed by atoms with Crippen LogP contribution in [0, 0.1) is 0 Å². The number of phenolic OH excluding ortho intramolecular Hbond substituents is 1. The predicted molar refractivity (Wildman–Crippen MR) is 134 cm³/mol. The van der Waals surface area contributed by atoms with Crippen LogP contribution in [0.1, 0.15) is 5.56 Å². The fourth-order valence-corrected chi connectivity index (χ4v) is 12.0. The Morgan fingerprint density at radius 3 is 1.45 bits per heavy atom. The van der Waals surface area contributed by atoms with Gasteiger partial charge in [-0.15, -0.1) is 0 Å². The standard InChI is InChI=1S/C25H21Br2OP/c26-21-16-17-25(28)20(18-21)19-29(27,22-10-4-1-5-11-22,23-12-6-2-7-13-23)24-14-8-3-9-15-24/h1-18,28H,19H2. The second-order valence-electron chi connectivity index (χ2n) is 7.12. The molecule has 0 saturated carbocycles. The molecule has 0 unspecified atom stereocenters. The van der Waals surface area contributed by atoms with Crippen LogP contribution in [0.15, 0.2) is 114 Å². The van der Waals surface area contributed by atoms with Gasteiger partial charge in [0.05, 0.1) is 0 Å². The Balaban J connectivity index is 2.11. The van der Waals surface area contributed by atoms with Gasteiger partial charge in [-0.1, -0.05) is 0 Å². The van der Waals surface area contributed by atoms with Crippen LogP contribution in [0.25, 0.3) is 0 Å². The van der Waals surface area contributed by atoms with E-state index >= 15 is 0 Å². The van der Waals surface area contributed by atoms with E-state index in [2.05, 4.69) is 104 Å². The van der Waals surface area contributed by atoms with E-state index in [1.807, 2.05) is 30.3 Å². The molecule has 0 aliphatic carbocycles. The van der Waals surface area contributed by atoms with Crippen molar-refractivity contribution in [2.24, 2.45) is 0 Å². The fourth-order valence-electron chi connectivity index (χ4n) is 3.94. The molecule has 4 aromatic carbocycles. The van der Waals surface area contributed by atoms with Crippen molar-refractivity contribution in [3.05, 3.63) is 119 Å². The first-order valence-electron chi connectivity index (χ1n) is 9.39. The number of aromatic hydroxyl groups is 1. The Morgan fingerprint density at radius 2 is 1.03 bits per heavy atom. The quantitative estimate of drug-likeness (QED) is 0.294. The monoisotopic (exact) mass is 526 g/mol. The van der Waals surface area contributed by atoms with Gasteiger partial charge in [-0.3, -0.25) is 0 Å². The van der Waals surface area contributed by atoms with Crippen molar-refractivity contribution in [2.75, 3.05) is 0 Å². The summed E-state index contributed by atoms with van der Waals surface area (Å²) in [6.07, 6.45) is 0.662. The third-order valence-corrected chi connectivity index (χ3v) is 15.4. The van der Waals surface area contributed by atoms with Crippen molar-refractivity contribution in [3.8, 4) is 5.75 Å². The average molecular weight is 528 g/mol. The molecule has 0 heterocycles. The van der Waals surface area contributed by atoms with Crippen molar-refractivity contribution < 1.29 is 5.11 Å². The molecule has 1 nitrogen and oxygen atoms in total. The van der Waals surface area contributed by atoms with Gasteiger partial charge in [0.2, 0.25) is 0 Å². The molecular formula is C25H21Br2OP. The van der Waals surface area contributed by atoms with Gasteiger partial charge in [0.1, 0.15) is 0 Å². The number of halogens is 2. The molecule has 146 valence electrons. The molecular weight excluding hydrogens is 507 g/mol. The third kappa shape index (κ3) is 3.57. The normalized spacial score (nSPS) is 12.8. The first kappa shape index (κ1) is 20.3. The molecule has 4 heteroatoms. The van der Waals surface area contributed by atoms with Gasteiger partial charge in [-0.25, -0.2) is 0 Å². The Morgan fingerprint density at radius 1 is 0.621 bits per heavy atom. The number of hydrogen-bond acceptors (Lipinski definition) is 1. The summed E-state index contributed by atoms with van der Waals surface area (Å²) in [6, 6.07) is 37.5. The fraction of sp³-hybridized carbons (Fsp3) is 0.0400. The van der Waals surface area contributed by atoms with E-state index in [0.717, 1.165) is 10.0 Å². The van der Waals surface area contributed by atoms with E-state index in [1.54, 1.807) is 6.07 Å². The molecule has 0 aromatic heterocycles. The van der Waals surface area contributed by atoms with E-state index < -0.39 is 5.31 Å². The van der Waals surface area contributed by atoms with Gasteiger partial charge in [0, 0.05) is 0 Å². The number of phenols is 1. The second-order valence-corrected chi connectivity index (χ2v) is 17.0. The van der Waals surface area contributed by atoms with Crippen LogP contribution in [0.2, 0.25) is 0 Å². The van der Waals surface area contributed by atoms with Crippen LogP contribution < -0.4 is 15.9 Å². The molecule has 0 atom stereocenters.